The van der Waals surface area contributed by atoms with Crippen molar-refractivity contribution in [2.75, 3.05) is 13.1 Å². The Morgan fingerprint density at radius 2 is 2.00 bits per heavy atom. The quantitative estimate of drug-likeness (QED) is 0.905. The highest BCUT2D eigenvalue weighted by Crippen LogP contribution is 2.19. The maximum atomic E-state index is 12.4. The molecule has 1 aromatic carbocycles. The zero-order valence-electron chi connectivity index (χ0n) is 11.4. The molecule has 6 nitrogen and oxygen atoms in total. The Labute approximate surface area is 121 Å². The molecular formula is C15H15N3O3. The smallest absolute Gasteiger partial charge is 0.308 e. The number of hydrogen-bond acceptors (Lipinski definition) is 4. The Morgan fingerprint density at radius 1 is 1.24 bits per heavy atom. The molecule has 2 aromatic rings. The minimum atomic E-state index is -0.850. The Balaban J connectivity index is 1.84. The zero-order chi connectivity index (χ0) is 14.8. The number of fused-ring (bicyclic) bond motifs is 1. The van der Waals surface area contributed by atoms with Crippen LogP contribution in [0.25, 0.3) is 11.0 Å². The molecule has 108 valence electrons. The molecule has 1 fully saturated rings. The number of carboxylic acid groups (broad SMARTS) is 1. The largest absolute Gasteiger partial charge is 0.481 e. The fraction of sp³-hybridized carbons (Fsp3) is 0.333. The number of carboxylic acids is 1. The van der Waals surface area contributed by atoms with Crippen LogP contribution in [0.2, 0.25) is 0 Å². The van der Waals surface area contributed by atoms with E-state index in [4.69, 9.17) is 5.11 Å². The molecule has 1 N–H and O–H groups in total. The number of benzene rings is 1. The van der Waals surface area contributed by atoms with Gasteiger partial charge in [-0.15, -0.1) is 0 Å². The van der Waals surface area contributed by atoms with Crippen LogP contribution >= 0.6 is 0 Å². The van der Waals surface area contributed by atoms with Gasteiger partial charge in [-0.25, -0.2) is 4.98 Å². The molecule has 0 aliphatic carbocycles. The molecule has 1 aromatic heterocycles. The summed E-state index contributed by atoms with van der Waals surface area (Å²) in [5.74, 6) is -1.59. The Kier molecular flexibility index (Phi) is 3.51. The summed E-state index contributed by atoms with van der Waals surface area (Å²) in [6.45, 7) is 0.805. The van der Waals surface area contributed by atoms with Crippen LogP contribution in [0.3, 0.4) is 0 Å². The molecule has 1 saturated heterocycles. The van der Waals surface area contributed by atoms with Gasteiger partial charge in [-0.1, -0.05) is 12.1 Å². The van der Waals surface area contributed by atoms with Crippen LogP contribution in [0, 0.1) is 5.92 Å². The van der Waals surface area contributed by atoms with E-state index in [1.54, 1.807) is 11.0 Å². The number of aromatic nitrogens is 2. The van der Waals surface area contributed by atoms with Gasteiger partial charge in [0.1, 0.15) is 5.69 Å². The number of likely N-dealkylation sites (tertiary alicyclic amines) is 1. The lowest BCUT2D eigenvalue weighted by Crippen LogP contribution is -2.42. The van der Waals surface area contributed by atoms with Gasteiger partial charge in [0, 0.05) is 13.1 Å². The van der Waals surface area contributed by atoms with Gasteiger partial charge >= 0.3 is 5.97 Å². The van der Waals surface area contributed by atoms with Gasteiger partial charge in [0.05, 0.1) is 23.1 Å². The third-order valence-electron chi connectivity index (χ3n) is 3.73. The van der Waals surface area contributed by atoms with E-state index in [0.29, 0.717) is 24.9 Å². The van der Waals surface area contributed by atoms with Crippen molar-refractivity contribution >= 4 is 22.9 Å². The van der Waals surface area contributed by atoms with Gasteiger partial charge in [-0.3, -0.25) is 14.6 Å². The number of piperidine rings is 1. The van der Waals surface area contributed by atoms with Gasteiger partial charge in [0.15, 0.2) is 0 Å². The molecule has 0 unspecified atom stereocenters. The molecular weight excluding hydrogens is 270 g/mol. The first-order valence-corrected chi connectivity index (χ1v) is 6.89. The fourth-order valence-corrected chi connectivity index (χ4v) is 2.59. The number of carbonyl (C=O) groups excluding carboxylic acids is 1. The van der Waals surface area contributed by atoms with Crippen LogP contribution in [-0.2, 0) is 4.79 Å². The number of hydrogen-bond donors (Lipinski definition) is 1. The fourth-order valence-electron chi connectivity index (χ4n) is 2.59. The molecule has 21 heavy (non-hydrogen) atoms. The highest BCUT2D eigenvalue weighted by molar-refractivity contribution is 5.94. The second-order valence-corrected chi connectivity index (χ2v) is 5.17. The van der Waals surface area contributed by atoms with E-state index in [1.807, 2.05) is 18.2 Å². The zero-order valence-corrected chi connectivity index (χ0v) is 11.4. The van der Waals surface area contributed by atoms with Gasteiger partial charge in [0.2, 0.25) is 0 Å². The Morgan fingerprint density at radius 3 is 2.76 bits per heavy atom. The van der Waals surface area contributed by atoms with Crippen molar-refractivity contribution < 1.29 is 14.7 Å². The molecule has 0 radical (unpaired) electrons. The van der Waals surface area contributed by atoms with E-state index in [9.17, 15) is 9.59 Å². The molecule has 0 spiro atoms. The summed E-state index contributed by atoms with van der Waals surface area (Å²) in [5.41, 5.74) is 1.66. The number of nitrogens with zero attached hydrogens (tertiary/aromatic N) is 3. The Bertz CT molecular complexity index is 701. The van der Waals surface area contributed by atoms with E-state index < -0.39 is 11.9 Å². The van der Waals surface area contributed by atoms with Crippen LogP contribution in [0.15, 0.2) is 30.5 Å². The average Bonchev–Trinajstić information content (AvgIpc) is 2.53. The van der Waals surface area contributed by atoms with E-state index in [0.717, 1.165) is 5.52 Å². The highest BCUT2D eigenvalue weighted by atomic mass is 16.4. The summed E-state index contributed by atoms with van der Waals surface area (Å²) in [4.78, 5) is 33.6. The van der Waals surface area contributed by atoms with Crippen molar-refractivity contribution in [3.63, 3.8) is 0 Å². The first kappa shape index (κ1) is 13.5. The normalized spacial score (nSPS) is 18.7. The number of para-hydroxylation sites is 2. The minimum Gasteiger partial charge on any atom is -0.481 e. The lowest BCUT2D eigenvalue weighted by atomic mass is 9.98. The summed E-state index contributed by atoms with van der Waals surface area (Å²) >= 11 is 0. The lowest BCUT2D eigenvalue weighted by Gasteiger charge is -2.30. The SMILES string of the molecule is O=C(O)[C@@H]1CCCN(C(=O)c2cnc3ccccc3n2)C1. The molecule has 1 aliphatic rings. The van der Waals surface area contributed by atoms with E-state index >= 15 is 0 Å². The van der Waals surface area contributed by atoms with Crippen molar-refractivity contribution in [2.45, 2.75) is 12.8 Å². The standard InChI is InChI=1S/C15H15N3O3/c19-14(18-7-3-4-10(9-18)15(20)21)13-8-16-11-5-1-2-6-12(11)17-13/h1-2,5-6,8,10H,3-4,7,9H2,(H,20,21)/t10-/m1/s1. The number of aliphatic carboxylic acids is 1. The van der Waals surface area contributed by atoms with Crippen LogP contribution in [0.5, 0.6) is 0 Å². The first-order chi connectivity index (χ1) is 10.1. The number of amides is 1. The monoisotopic (exact) mass is 285 g/mol. The minimum absolute atomic E-state index is 0.239. The predicted molar refractivity (Wildman–Crippen MR) is 75.8 cm³/mol. The van der Waals surface area contributed by atoms with Crippen molar-refractivity contribution in [3.05, 3.63) is 36.2 Å². The Hall–Kier alpha value is -2.50. The first-order valence-electron chi connectivity index (χ1n) is 6.89. The van der Waals surface area contributed by atoms with Crippen LogP contribution in [0.4, 0.5) is 0 Å². The van der Waals surface area contributed by atoms with E-state index in [-0.39, 0.29) is 18.1 Å². The third-order valence-corrected chi connectivity index (χ3v) is 3.73. The average molecular weight is 285 g/mol. The summed E-state index contributed by atoms with van der Waals surface area (Å²) in [6, 6.07) is 7.33. The van der Waals surface area contributed by atoms with Crippen molar-refractivity contribution in [1.82, 2.24) is 14.9 Å². The second-order valence-electron chi connectivity index (χ2n) is 5.17. The predicted octanol–water partition coefficient (Wildman–Crippen LogP) is 1.57. The highest BCUT2D eigenvalue weighted by Gasteiger charge is 2.29. The van der Waals surface area contributed by atoms with Crippen LogP contribution < -0.4 is 0 Å². The summed E-state index contributed by atoms with van der Waals surface area (Å²) in [5, 5.41) is 9.08. The lowest BCUT2D eigenvalue weighted by molar-refractivity contribution is -0.143. The number of carbonyl (C=O) groups is 2. The molecule has 1 amide bonds. The van der Waals surface area contributed by atoms with Gasteiger partial charge in [-0.05, 0) is 25.0 Å². The van der Waals surface area contributed by atoms with E-state index in [2.05, 4.69) is 9.97 Å². The summed E-state index contributed by atoms with van der Waals surface area (Å²) in [6.07, 6.45) is 2.77. The summed E-state index contributed by atoms with van der Waals surface area (Å²) < 4.78 is 0. The maximum absolute atomic E-state index is 12.4. The number of rotatable bonds is 2. The topological polar surface area (TPSA) is 83.4 Å². The van der Waals surface area contributed by atoms with Crippen molar-refractivity contribution in [3.8, 4) is 0 Å². The van der Waals surface area contributed by atoms with Gasteiger partial charge in [-0.2, -0.15) is 0 Å². The van der Waals surface area contributed by atoms with E-state index in [1.165, 1.54) is 6.20 Å². The maximum Gasteiger partial charge on any atom is 0.308 e. The molecule has 1 atom stereocenters. The molecule has 1 aliphatic heterocycles. The van der Waals surface area contributed by atoms with Crippen molar-refractivity contribution in [2.24, 2.45) is 5.92 Å². The second kappa shape index (κ2) is 5.47. The van der Waals surface area contributed by atoms with Gasteiger partial charge < -0.3 is 10.0 Å². The third kappa shape index (κ3) is 2.69. The van der Waals surface area contributed by atoms with Crippen molar-refractivity contribution in [1.29, 1.82) is 0 Å². The molecule has 0 bridgehead atoms. The molecule has 3 rings (SSSR count). The summed E-state index contributed by atoms with van der Waals surface area (Å²) in [7, 11) is 0. The van der Waals surface area contributed by atoms with Gasteiger partial charge in [0.25, 0.3) is 5.91 Å². The molecule has 0 saturated carbocycles. The molecule has 2 heterocycles. The van der Waals surface area contributed by atoms with Crippen LogP contribution in [0.1, 0.15) is 23.3 Å². The van der Waals surface area contributed by atoms with Crippen LogP contribution in [-0.4, -0.2) is 44.9 Å². The molecule has 6 heteroatoms.